The van der Waals surface area contributed by atoms with Gasteiger partial charge in [0.05, 0.1) is 31.6 Å². The minimum atomic E-state index is -1.30. The van der Waals surface area contributed by atoms with Crippen LogP contribution in [0.3, 0.4) is 0 Å². The molecule has 0 radical (unpaired) electrons. The minimum absolute atomic E-state index is 0.0221. The second-order valence-electron chi connectivity index (χ2n) is 8.22. The van der Waals surface area contributed by atoms with Gasteiger partial charge >= 0.3 is 5.97 Å². The molecule has 3 unspecified atom stereocenters. The summed E-state index contributed by atoms with van der Waals surface area (Å²) in [4.78, 5) is 46.5. The van der Waals surface area contributed by atoms with Crippen LogP contribution < -0.4 is 19.4 Å². The first kappa shape index (κ1) is 23.3. The normalized spacial score (nSPS) is 21.0. The molecule has 0 aromatic heterocycles. The summed E-state index contributed by atoms with van der Waals surface area (Å²) < 4.78 is 24.1. The quantitative estimate of drug-likeness (QED) is 0.521. The van der Waals surface area contributed by atoms with Gasteiger partial charge in [-0.25, -0.2) is 19.1 Å². The Morgan fingerprint density at radius 3 is 2.22 bits per heavy atom. The van der Waals surface area contributed by atoms with Gasteiger partial charge in [0.1, 0.15) is 17.3 Å². The Morgan fingerprint density at radius 1 is 0.917 bits per heavy atom. The number of aromatic carboxylic acids is 1. The van der Waals surface area contributed by atoms with Crippen LogP contribution in [-0.4, -0.2) is 43.2 Å². The lowest BCUT2D eigenvalue weighted by atomic mass is 9.87. The van der Waals surface area contributed by atoms with Crippen molar-refractivity contribution in [2.45, 2.75) is 12.1 Å². The van der Waals surface area contributed by atoms with Gasteiger partial charge in [-0.3, -0.25) is 14.4 Å². The molecule has 2 aliphatic heterocycles. The third kappa shape index (κ3) is 3.54. The zero-order valence-electron chi connectivity index (χ0n) is 19.3. The largest absolute Gasteiger partial charge is 0.493 e. The number of methoxy groups -OCH3 is 2. The SMILES string of the molecule is COc1ccc(C2C3C(=O)N(c4ccc(F)cc4)C(=O)C3ON2c2ccccc2)c(C(=O)O)c1OC. The molecule has 0 bridgehead atoms. The fourth-order valence-electron chi connectivity index (χ4n) is 4.78. The van der Waals surface area contributed by atoms with Crippen LogP contribution in [0.4, 0.5) is 15.8 Å². The number of rotatable bonds is 6. The Balaban J connectivity index is 1.68. The minimum Gasteiger partial charge on any atom is -0.493 e. The molecule has 36 heavy (non-hydrogen) atoms. The molecule has 0 spiro atoms. The number of ether oxygens (including phenoxy) is 2. The molecule has 2 heterocycles. The lowest BCUT2D eigenvalue weighted by Crippen LogP contribution is -2.37. The van der Waals surface area contributed by atoms with Crippen molar-refractivity contribution in [3.8, 4) is 11.5 Å². The predicted octanol–water partition coefficient (Wildman–Crippen LogP) is 3.59. The summed E-state index contributed by atoms with van der Waals surface area (Å²) in [7, 11) is 2.70. The fraction of sp³-hybridized carbons (Fsp3) is 0.192. The van der Waals surface area contributed by atoms with Gasteiger partial charge in [0.25, 0.3) is 5.91 Å². The van der Waals surface area contributed by atoms with E-state index in [1.54, 1.807) is 30.3 Å². The number of benzene rings is 3. The van der Waals surface area contributed by atoms with E-state index in [9.17, 15) is 23.9 Å². The molecule has 184 valence electrons. The zero-order chi connectivity index (χ0) is 25.6. The molecule has 3 aromatic rings. The molecule has 2 aliphatic rings. The number of carbonyl (C=O) groups excluding carboxylic acids is 2. The van der Waals surface area contributed by atoms with Crippen molar-refractivity contribution in [3.05, 3.63) is 83.7 Å². The maximum atomic E-state index is 13.7. The number of amides is 2. The lowest BCUT2D eigenvalue weighted by Gasteiger charge is -2.30. The standard InChI is InChI=1S/C26H21FN2O7/c1-34-18-13-12-17(19(26(32)33)22(18)35-2)21-20-23(36-29(21)16-6-4-3-5-7-16)25(31)28(24(20)30)15-10-8-14(27)9-11-15/h3-13,20-21,23H,1-2H3,(H,32,33). The molecule has 0 aliphatic carbocycles. The van der Waals surface area contributed by atoms with E-state index in [-0.39, 0.29) is 28.3 Å². The van der Waals surface area contributed by atoms with Crippen LogP contribution in [0.5, 0.6) is 11.5 Å². The van der Waals surface area contributed by atoms with Crippen LogP contribution in [0.25, 0.3) is 0 Å². The highest BCUT2D eigenvalue weighted by Crippen LogP contribution is 2.50. The maximum Gasteiger partial charge on any atom is 0.339 e. The summed E-state index contributed by atoms with van der Waals surface area (Å²) in [6.07, 6.45) is -1.22. The second-order valence-corrected chi connectivity index (χ2v) is 8.22. The molecule has 1 N–H and O–H groups in total. The highest BCUT2D eigenvalue weighted by Gasteiger charge is 2.61. The zero-order valence-corrected chi connectivity index (χ0v) is 19.3. The summed E-state index contributed by atoms with van der Waals surface area (Å²) in [5.74, 6) is -3.95. The van der Waals surface area contributed by atoms with E-state index in [0.717, 1.165) is 17.0 Å². The Kier molecular flexibility index (Phi) is 5.81. The fourth-order valence-corrected chi connectivity index (χ4v) is 4.78. The van der Waals surface area contributed by atoms with Crippen molar-refractivity contribution in [2.24, 2.45) is 5.92 Å². The van der Waals surface area contributed by atoms with Crippen LogP contribution in [0.1, 0.15) is 22.0 Å². The Hall–Kier alpha value is -4.44. The van der Waals surface area contributed by atoms with Gasteiger partial charge in [0, 0.05) is 0 Å². The van der Waals surface area contributed by atoms with Gasteiger partial charge in [-0.2, -0.15) is 0 Å². The van der Waals surface area contributed by atoms with Gasteiger partial charge in [-0.05, 0) is 48.0 Å². The van der Waals surface area contributed by atoms with Gasteiger partial charge in [0.15, 0.2) is 17.6 Å². The van der Waals surface area contributed by atoms with E-state index in [2.05, 4.69) is 0 Å². The van der Waals surface area contributed by atoms with Gasteiger partial charge < -0.3 is 14.6 Å². The van der Waals surface area contributed by atoms with Gasteiger partial charge in [0.2, 0.25) is 5.91 Å². The highest BCUT2D eigenvalue weighted by atomic mass is 19.1. The monoisotopic (exact) mass is 492 g/mol. The first-order chi connectivity index (χ1) is 17.4. The number of carboxylic acid groups (broad SMARTS) is 1. The van der Waals surface area contributed by atoms with E-state index in [1.807, 2.05) is 0 Å². The van der Waals surface area contributed by atoms with E-state index in [0.29, 0.717) is 5.69 Å². The van der Waals surface area contributed by atoms with Crippen LogP contribution in [0.2, 0.25) is 0 Å². The Labute approximate surface area is 205 Å². The van der Waals surface area contributed by atoms with E-state index < -0.39 is 41.7 Å². The summed E-state index contributed by atoms with van der Waals surface area (Å²) in [6, 6.07) is 15.8. The molecule has 5 rings (SSSR count). The third-order valence-electron chi connectivity index (χ3n) is 6.32. The first-order valence-electron chi connectivity index (χ1n) is 11.0. The molecule has 2 saturated heterocycles. The van der Waals surface area contributed by atoms with Crippen molar-refractivity contribution in [3.63, 3.8) is 0 Å². The van der Waals surface area contributed by atoms with Gasteiger partial charge in [-0.1, -0.05) is 24.3 Å². The average molecular weight is 492 g/mol. The first-order valence-corrected chi connectivity index (χ1v) is 11.0. The van der Waals surface area contributed by atoms with Crippen molar-refractivity contribution in [1.29, 1.82) is 0 Å². The molecular formula is C26H21FN2O7. The number of hydroxylamine groups is 1. The van der Waals surface area contributed by atoms with E-state index in [4.69, 9.17) is 14.3 Å². The average Bonchev–Trinajstić information content (AvgIpc) is 3.39. The molecule has 0 saturated carbocycles. The van der Waals surface area contributed by atoms with Crippen molar-refractivity contribution < 1.29 is 38.2 Å². The van der Waals surface area contributed by atoms with Crippen LogP contribution in [0, 0.1) is 11.7 Å². The highest BCUT2D eigenvalue weighted by molar-refractivity contribution is 6.24. The van der Waals surface area contributed by atoms with Crippen LogP contribution in [0.15, 0.2) is 66.7 Å². The molecule has 3 aromatic carbocycles. The second kappa shape index (κ2) is 8.97. The topological polar surface area (TPSA) is 106 Å². The molecule has 3 atom stereocenters. The molecule has 9 nitrogen and oxygen atoms in total. The lowest BCUT2D eigenvalue weighted by molar-refractivity contribution is -0.126. The van der Waals surface area contributed by atoms with Crippen LogP contribution >= 0.6 is 0 Å². The van der Waals surface area contributed by atoms with Crippen molar-refractivity contribution in [1.82, 2.24) is 0 Å². The maximum absolute atomic E-state index is 13.7. The molecule has 2 fully saturated rings. The number of anilines is 2. The Bertz CT molecular complexity index is 1350. The summed E-state index contributed by atoms with van der Waals surface area (Å²) in [5, 5.41) is 11.5. The number of nitrogens with zero attached hydrogens (tertiary/aromatic N) is 2. The number of halogens is 1. The number of hydrogen-bond acceptors (Lipinski definition) is 7. The number of carbonyl (C=O) groups is 3. The van der Waals surface area contributed by atoms with Crippen molar-refractivity contribution >= 4 is 29.2 Å². The smallest absolute Gasteiger partial charge is 0.339 e. The predicted molar refractivity (Wildman–Crippen MR) is 125 cm³/mol. The molecular weight excluding hydrogens is 471 g/mol. The summed E-state index contributed by atoms with van der Waals surface area (Å²) in [5.41, 5.74) is 0.711. The number of imide groups is 1. The van der Waals surface area contributed by atoms with Crippen LogP contribution in [-0.2, 0) is 14.4 Å². The molecule has 2 amide bonds. The number of hydrogen-bond donors (Lipinski definition) is 1. The summed E-state index contributed by atoms with van der Waals surface area (Å²) >= 11 is 0. The van der Waals surface area contributed by atoms with E-state index in [1.165, 1.54) is 43.5 Å². The number of carboxylic acids is 1. The van der Waals surface area contributed by atoms with E-state index >= 15 is 0 Å². The third-order valence-corrected chi connectivity index (χ3v) is 6.32. The Morgan fingerprint density at radius 2 is 1.61 bits per heavy atom. The van der Waals surface area contributed by atoms with Crippen molar-refractivity contribution in [2.75, 3.05) is 24.2 Å². The number of fused-ring (bicyclic) bond motifs is 1. The van der Waals surface area contributed by atoms with Gasteiger partial charge in [-0.15, -0.1) is 0 Å². The number of para-hydroxylation sites is 1. The molecule has 10 heteroatoms. The summed E-state index contributed by atoms with van der Waals surface area (Å²) in [6.45, 7) is 0.